The predicted molar refractivity (Wildman–Crippen MR) is 104 cm³/mol. The molecule has 1 unspecified atom stereocenters. The first kappa shape index (κ1) is 19.2. The number of carbonyl (C=O) groups excluding carboxylic acids is 1. The van der Waals surface area contributed by atoms with Gasteiger partial charge in [-0.1, -0.05) is 19.9 Å². The van der Waals surface area contributed by atoms with Crippen molar-refractivity contribution in [3.05, 3.63) is 28.3 Å². The van der Waals surface area contributed by atoms with Crippen molar-refractivity contribution >= 4 is 21.7 Å². The Balaban J connectivity index is 1.73. The minimum atomic E-state index is -3.73. The molecule has 0 saturated carbocycles. The van der Waals surface area contributed by atoms with Gasteiger partial charge in [0, 0.05) is 18.3 Å². The maximum absolute atomic E-state index is 12.4. The highest BCUT2D eigenvalue weighted by molar-refractivity contribution is 7.90. The monoisotopic (exact) mass is 379 g/mol. The van der Waals surface area contributed by atoms with Crippen molar-refractivity contribution in [3.63, 3.8) is 0 Å². The molecule has 1 aromatic rings. The molecule has 2 amide bonds. The highest BCUT2D eigenvalue weighted by Gasteiger charge is 2.27. The van der Waals surface area contributed by atoms with Gasteiger partial charge >= 0.3 is 6.03 Å². The van der Waals surface area contributed by atoms with Crippen LogP contribution in [0.5, 0.6) is 0 Å². The Bertz CT molecular complexity index is 770. The predicted octanol–water partition coefficient (Wildman–Crippen LogP) is 2.50. The molecular weight excluding hydrogens is 350 g/mol. The van der Waals surface area contributed by atoms with Crippen LogP contribution in [0.3, 0.4) is 0 Å². The van der Waals surface area contributed by atoms with Crippen molar-refractivity contribution in [1.82, 2.24) is 10.0 Å². The van der Waals surface area contributed by atoms with Crippen LogP contribution < -0.4 is 15.4 Å². The molecule has 1 aromatic carbocycles. The number of nitrogens with one attached hydrogen (secondary N) is 3. The highest BCUT2D eigenvalue weighted by atomic mass is 32.2. The van der Waals surface area contributed by atoms with E-state index in [0.717, 1.165) is 44.2 Å². The number of amides is 2. The van der Waals surface area contributed by atoms with Gasteiger partial charge in [0.15, 0.2) is 0 Å². The van der Waals surface area contributed by atoms with E-state index in [4.69, 9.17) is 0 Å². The van der Waals surface area contributed by atoms with Crippen LogP contribution in [0.2, 0.25) is 0 Å². The number of benzene rings is 1. The van der Waals surface area contributed by atoms with Crippen LogP contribution in [0.1, 0.15) is 55.9 Å². The first-order valence-electron chi connectivity index (χ1n) is 9.50. The highest BCUT2D eigenvalue weighted by Crippen LogP contribution is 2.38. The molecule has 0 saturated heterocycles. The summed E-state index contributed by atoms with van der Waals surface area (Å²) >= 11 is 0. The number of aryl methyl sites for hydroxylation is 2. The van der Waals surface area contributed by atoms with Gasteiger partial charge in [0.05, 0.1) is 5.25 Å². The number of urea groups is 1. The van der Waals surface area contributed by atoms with Crippen LogP contribution >= 0.6 is 0 Å². The largest absolute Gasteiger partial charge is 0.332 e. The summed E-state index contributed by atoms with van der Waals surface area (Å²) in [6.45, 7) is 5.81. The maximum atomic E-state index is 12.4. The van der Waals surface area contributed by atoms with Gasteiger partial charge in [-0.3, -0.25) is 0 Å². The van der Waals surface area contributed by atoms with Crippen molar-refractivity contribution < 1.29 is 13.2 Å². The molecule has 0 heterocycles. The summed E-state index contributed by atoms with van der Waals surface area (Å²) in [6, 6.07) is 1.82. The van der Waals surface area contributed by atoms with Crippen molar-refractivity contribution in [2.45, 2.75) is 70.6 Å². The van der Waals surface area contributed by atoms with Crippen LogP contribution in [0.25, 0.3) is 0 Å². The minimum Gasteiger partial charge on any atom is -0.313 e. The van der Waals surface area contributed by atoms with Gasteiger partial charge in [-0.25, -0.2) is 17.9 Å². The third-order valence-corrected chi connectivity index (χ3v) is 6.99. The maximum Gasteiger partial charge on any atom is 0.332 e. The molecule has 0 fully saturated rings. The Labute approximate surface area is 156 Å². The molecule has 3 rings (SSSR count). The van der Waals surface area contributed by atoms with Crippen molar-refractivity contribution in [2.75, 3.05) is 11.9 Å². The van der Waals surface area contributed by atoms with Crippen molar-refractivity contribution in [3.8, 4) is 0 Å². The third kappa shape index (κ3) is 4.04. The number of anilines is 1. The van der Waals surface area contributed by atoms with E-state index in [1.165, 1.54) is 22.3 Å². The van der Waals surface area contributed by atoms with Gasteiger partial charge in [0.1, 0.15) is 0 Å². The fourth-order valence-electron chi connectivity index (χ4n) is 3.85. The first-order chi connectivity index (χ1) is 12.3. The molecule has 6 nitrogen and oxygen atoms in total. The number of carbonyl (C=O) groups is 1. The summed E-state index contributed by atoms with van der Waals surface area (Å²) in [6.07, 6.45) is 6.14. The Kier molecular flexibility index (Phi) is 5.58. The standard InChI is InChI=1S/C19H29N3O3S/c1-12(2)20-11-13(3)26(24,25)22-19(23)21-18-16-8-4-6-14(16)10-15-7-5-9-17(15)18/h10,12-13,20H,4-9,11H2,1-3H3,(H2,21,22,23). The molecule has 0 spiro atoms. The second kappa shape index (κ2) is 7.56. The van der Waals surface area contributed by atoms with E-state index < -0.39 is 21.3 Å². The summed E-state index contributed by atoms with van der Waals surface area (Å²) in [4.78, 5) is 12.4. The van der Waals surface area contributed by atoms with Gasteiger partial charge in [0.2, 0.25) is 10.0 Å². The van der Waals surface area contributed by atoms with Gasteiger partial charge in [0.25, 0.3) is 0 Å². The minimum absolute atomic E-state index is 0.191. The van der Waals surface area contributed by atoms with E-state index >= 15 is 0 Å². The van der Waals surface area contributed by atoms with Gasteiger partial charge in [-0.05, 0) is 67.7 Å². The second-order valence-electron chi connectivity index (χ2n) is 7.71. The molecule has 0 bridgehead atoms. The summed E-state index contributed by atoms with van der Waals surface area (Å²) in [5.41, 5.74) is 5.84. The Morgan fingerprint density at radius 3 is 2.15 bits per heavy atom. The lowest BCUT2D eigenvalue weighted by Gasteiger charge is -2.19. The summed E-state index contributed by atoms with van der Waals surface area (Å²) in [5.74, 6) is 0. The smallest absolute Gasteiger partial charge is 0.313 e. The average Bonchev–Trinajstić information content (AvgIpc) is 3.20. The zero-order valence-electron chi connectivity index (χ0n) is 15.8. The lowest BCUT2D eigenvalue weighted by atomic mass is 9.99. The fraction of sp³-hybridized carbons (Fsp3) is 0.632. The zero-order valence-corrected chi connectivity index (χ0v) is 16.6. The topological polar surface area (TPSA) is 87.3 Å². The van der Waals surface area contributed by atoms with Crippen LogP contribution in [-0.2, 0) is 35.7 Å². The fourth-order valence-corrected chi connectivity index (χ4v) is 4.67. The molecule has 0 aromatic heterocycles. The number of fused-ring (bicyclic) bond motifs is 2. The van der Waals surface area contributed by atoms with Gasteiger partial charge < -0.3 is 10.6 Å². The van der Waals surface area contributed by atoms with E-state index in [-0.39, 0.29) is 6.04 Å². The third-order valence-electron chi connectivity index (χ3n) is 5.29. The molecular formula is C19H29N3O3S. The molecule has 0 radical (unpaired) electrons. The van der Waals surface area contributed by atoms with E-state index in [2.05, 4.69) is 21.4 Å². The van der Waals surface area contributed by atoms with E-state index in [0.29, 0.717) is 6.54 Å². The van der Waals surface area contributed by atoms with E-state index in [1.54, 1.807) is 6.92 Å². The molecule has 26 heavy (non-hydrogen) atoms. The quantitative estimate of drug-likeness (QED) is 0.709. The molecule has 144 valence electrons. The lowest BCUT2D eigenvalue weighted by Crippen LogP contribution is -2.44. The van der Waals surface area contributed by atoms with E-state index in [1.807, 2.05) is 13.8 Å². The summed E-state index contributed by atoms with van der Waals surface area (Å²) < 4.78 is 27.0. The number of sulfonamides is 1. The van der Waals surface area contributed by atoms with Gasteiger partial charge in [-0.15, -0.1) is 0 Å². The molecule has 7 heteroatoms. The average molecular weight is 380 g/mol. The molecule has 3 N–H and O–H groups in total. The number of rotatable bonds is 6. The normalized spacial score (nSPS) is 17.1. The van der Waals surface area contributed by atoms with Crippen LogP contribution in [0.15, 0.2) is 6.07 Å². The van der Waals surface area contributed by atoms with Crippen molar-refractivity contribution in [1.29, 1.82) is 0 Å². The van der Waals surface area contributed by atoms with E-state index in [9.17, 15) is 13.2 Å². The second-order valence-corrected chi connectivity index (χ2v) is 9.81. The van der Waals surface area contributed by atoms with Crippen LogP contribution in [0, 0.1) is 0 Å². The Morgan fingerprint density at radius 1 is 1.04 bits per heavy atom. The SMILES string of the molecule is CC(C)NCC(C)S(=O)(=O)NC(=O)Nc1c2c(cc3c1CCC3)CCC2. The number of hydrogen-bond acceptors (Lipinski definition) is 4. The van der Waals surface area contributed by atoms with Gasteiger partial charge in [-0.2, -0.15) is 0 Å². The first-order valence-corrected chi connectivity index (χ1v) is 11.0. The molecule has 0 aliphatic heterocycles. The van der Waals surface area contributed by atoms with Crippen molar-refractivity contribution in [2.24, 2.45) is 0 Å². The molecule has 2 aliphatic rings. The van der Waals surface area contributed by atoms with Crippen LogP contribution in [0.4, 0.5) is 10.5 Å². The number of hydrogen-bond donors (Lipinski definition) is 3. The summed E-state index contributed by atoms with van der Waals surface area (Å²) in [5, 5.41) is 5.27. The lowest BCUT2D eigenvalue weighted by molar-refractivity contribution is 0.256. The Hall–Kier alpha value is -1.60. The summed E-state index contributed by atoms with van der Waals surface area (Å²) in [7, 11) is -3.73. The zero-order chi connectivity index (χ0) is 18.9. The molecule has 1 atom stereocenters. The van der Waals surface area contributed by atoms with Crippen LogP contribution in [-0.4, -0.2) is 32.3 Å². The Morgan fingerprint density at radius 2 is 1.62 bits per heavy atom. The molecule has 2 aliphatic carbocycles.